The van der Waals surface area contributed by atoms with Gasteiger partial charge in [-0.1, -0.05) is 25.1 Å². The number of rotatable bonds is 6. The molecule has 0 spiro atoms. The van der Waals surface area contributed by atoms with E-state index in [-0.39, 0.29) is 17.7 Å². The fraction of sp³-hybridized carbons (Fsp3) is 0.364. The van der Waals surface area contributed by atoms with Crippen LogP contribution in [-0.2, 0) is 0 Å². The number of halogens is 1. The summed E-state index contributed by atoms with van der Waals surface area (Å²) in [6.45, 7) is 5.22. The minimum Gasteiger partial charge on any atom is -0.349 e. The normalized spacial score (nSPS) is 15.5. The van der Waals surface area contributed by atoms with Crippen LogP contribution in [0.25, 0.3) is 0 Å². The zero-order chi connectivity index (χ0) is 19.2. The lowest BCUT2D eigenvalue weighted by atomic mass is 9.97. The number of benzene rings is 2. The van der Waals surface area contributed by atoms with Crippen LogP contribution in [0.5, 0.6) is 0 Å². The first-order valence-corrected chi connectivity index (χ1v) is 9.51. The van der Waals surface area contributed by atoms with Crippen molar-refractivity contribution in [1.82, 2.24) is 10.2 Å². The van der Waals surface area contributed by atoms with Crippen molar-refractivity contribution in [1.29, 1.82) is 0 Å². The van der Waals surface area contributed by atoms with E-state index < -0.39 is 5.82 Å². The molecule has 1 aliphatic heterocycles. The lowest BCUT2D eigenvalue weighted by Crippen LogP contribution is -2.45. The molecular weight excluding hydrogens is 343 g/mol. The molecule has 1 amide bonds. The fourth-order valence-electron chi connectivity index (χ4n) is 3.52. The van der Waals surface area contributed by atoms with Gasteiger partial charge in [0.15, 0.2) is 5.78 Å². The second-order valence-corrected chi connectivity index (χ2v) is 6.97. The summed E-state index contributed by atoms with van der Waals surface area (Å²) in [5.41, 5.74) is 1.07. The smallest absolute Gasteiger partial charge is 0.252 e. The van der Waals surface area contributed by atoms with Crippen molar-refractivity contribution in [3.63, 3.8) is 0 Å². The van der Waals surface area contributed by atoms with E-state index in [0.717, 1.165) is 38.9 Å². The quantitative estimate of drug-likeness (QED) is 0.792. The minimum absolute atomic E-state index is 0.125. The third-order valence-electron chi connectivity index (χ3n) is 4.99. The van der Waals surface area contributed by atoms with E-state index in [1.165, 1.54) is 24.3 Å². The SMILES string of the molecule is CCCN1CCC(NC(=O)c2ccccc2C(=O)c2ccc(F)cc2)CC1. The average Bonchev–Trinajstić information content (AvgIpc) is 2.70. The molecule has 5 heteroatoms. The van der Waals surface area contributed by atoms with E-state index in [2.05, 4.69) is 17.1 Å². The second kappa shape index (κ2) is 8.91. The molecule has 2 aromatic carbocycles. The number of amides is 1. The van der Waals surface area contributed by atoms with Gasteiger partial charge in [0, 0.05) is 30.3 Å². The number of carbonyl (C=O) groups excluding carboxylic acids is 2. The Morgan fingerprint density at radius 1 is 1.04 bits per heavy atom. The Balaban J connectivity index is 1.71. The van der Waals surface area contributed by atoms with Crippen LogP contribution in [-0.4, -0.2) is 42.3 Å². The predicted octanol–water partition coefficient (Wildman–Crippen LogP) is 3.66. The Hall–Kier alpha value is -2.53. The molecule has 0 aromatic heterocycles. The average molecular weight is 368 g/mol. The first-order chi connectivity index (χ1) is 13.1. The van der Waals surface area contributed by atoms with Gasteiger partial charge in [0.1, 0.15) is 5.82 Å². The summed E-state index contributed by atoms with van der Waals surface area (Å²) in [5, 5.41) is 3.08. The summed E-state index contributed by atoms with van der Waals surface area (Å²) in [4.78, 5) is 28.0. The van der Waals surface area contributed by atoms with Crippen molar-refractivity contribution in [2.75, 3.05) is 19.6 Å². The topological polar surface area (TPSA) is 49.4 Å². The molecule has 0 unspecified atom stereocenters. The van der Waals surface area contributed by atoms with E-state index in [1.54, 1.807) is 24.3 Å². The van der Waals surface area contributed by atoms with Gasteiger partial charge in [0.2, 0.25) is 0 Å². The molecule has 0 bridgehead atoms. The zero-order valence-electron chi connectivity index (χ0n) is 15.6. The highest BCUT2D eigenvalue weighted by Gasteiger charge is 2.23. The standard InChI is InChI=1S/C22H25FN2O2/c1-2-13-25-14-11-18(12-15-25)24-22(27)20-6-4-3-5-19(20)21(26)16-7-9-17(23)10-8-16/h3-10,18H,2,11-15H2,1H3,(H,24,27). The molecule has 3 rings (SSSR count). The molecule has 142 valence electrons. The minimum atomic E-state index is -0.396. The maximum Gasteiger partial charge on any atom is 0.252 e. The molecule has 0 aliphatic carbocycles. The third kappa shape index (κ3) is 4.80. The summed E-state index contributed by atoms with van der Waals surface area (Å²) in [6, 6.07) is 12.3. The first kappa shape index (κ1) is 19.2. The summed E-state index contributed by atoms with van der Waals surface area (Å²) in [7, 11) is 0. The van der Waals surface area contributed by atoms with Crippen LogP contribution in [0.1, 0.15) is 52.5 Å². The van der Waals surface area contributed by atoms with E-state index in [0.29, 0.717) is 16.7 Å². The monoisotopic (exact) mass is 368 g/mol. The summed E-state index contributed by atoms with van der Waals surface area (Å²) >= 11 is 0. The van der Waals surface area contributed by atoms with Crippen LogP contribution < -0.4 is 5.32 Å². The molecule has 1 fully saturated rings. The summed E-state index contributed by atoms with van der Waals surface area (Å²) in [6.07, 6.45) is 2.97. The number of hydrogen-bond donors (Lipinski definition) is 1. The van der Waals surface area contributed by atoms with Gasteiger partial charge in [-0.3, -0.25) is 9.59 Å². The van der Waals surface area contributed by atoms with Crippen LogP contribution in [0.15, 0.2) is 48.5 Å². The highest BCUT2D eigenvalue weighted by Crippen LogP contribution is 2.17. The van der Waals surface area contributed by atoms with Gasteiger partial charge in [-0.25, -0.2) is 4.39 Å². The number of likely N-dealkylation sites (tertiary alicyclic amines) is 1. The number of nitrogens with one attached hydrogen (secondary N) is 1. The lowest BCUT2D eigenvalue weighted by molar-refractivity contribution is 0.0903. The number of piperidine rings is 1. The van der Waals surface area contributed by atoms with Gasteiger partial charge >= 0.3 is 0 Å². The van der Waals surface area contributed by atoms with E-state index in [1.807, 2.05) is 0 Å². The Morgan fingerprint density at radius 3 is 2.30 bits per heavy atom. The number of ketones is 1. The first-order valence-electron chi connectivity index (χ1n) is 9.51. The lowest BCUT2D eigenvalue weighted by Gasteiger charge is -2.32. The molecule has 4 nitrogen and oxygen atoms in total. The largest absolute Gasteiger partial charge is 0.349 e. The van der Waals surface area contributed by atoms with Crippen molar-refractivity contribution < 1.29 is 14.0 Å². The molecule has 1 N–H and O–H groups in total. The van der Waals surface area contributed by atoms with Gasteiger partial charge in [-0.2, -0.15) is 0 Å². The van der Waals surface area contributed by atoms with Crippen molar-refractivity contribution in [3.8, 4) is 0 Å². The Bertz CT molecular complexity index is 796. The summed E-state index contributed by atoms with van der Waals surface area (Å²) < 4.78 is 13.1. The molecule has 1 aliphatic rings. The summed E-state index contributed by atoms with van der Waals surface area (Å²) in [5.74, 6) is -0.902. The van der Waals surface area contributed by atoms with Crippen molar-refractivity contribution in [2.45, 2.75) is 32.2 Å². The van der Waals surface area contributed by atoms with Crippen LogP contribution in [0.2, 0.25) is 0 Å². The van der Waals surface area contributed by atoms with Gasteiger partial charge in [-0.15, -0.1) is 0 Å². The Morgan fingerprint density at radius 2 is 1.67 bits per heavy atom. The van der Waals surface area contributed by atoms with Crippen LogP contribution in [0.4, 0.5) is 4.39 Å². The molecule has 2 aromatic rings. The van der Waals surface area contributed by atoms with Crippen LogP contribution in [0.3, 0.4) is 0 Å². The van der Waals surface area contributed by atoms with Crippen molar-refractivity contribution in [3.05, 3.63) is 71.0 Å². The molecule has 27 heavy (non-hydrogen) atoms. The highest BCUT2D eigenvalue weighted by atomic mass is 19.1. The van der Waals surface area contributed by atoms with Gasteiger partial charge < -0.3 is 10.2 Å². The molecule has 1 saturated heterocycles. The van der Waals surface area contributed by atoms with Crippen molar-refractivity contribution in [2.24, 2.45) is 0 Å². The van der Waals surface area contributed by atoms with E-state index in [4.69, 9.17) is 0 Å². The van der Waals surface area contributed by atoms with Gasteiger partial charge in [0.25, 0.3) is 5.91 Å². The van der Waals surface area contributed by atoms with Crippen LogP contribution >= 0.6 is 0 Å². The molecule has 0 saturated carbocycles. The predicted molar refractivity (Wildman–Crippen MR) is 103 cm³/mol. The Kier molecular flexibility index (Phi) is 6.35. The van der Waals surface area contributed by atoms with Gasteiger partial charge in [0.05, 0.1) is 5.56 Å². The molecule has 1 heterocycles. The maximum atomic E-state index is 13.1. The number of nitrogens with zero attached hydrogens (tertiary/aromatic N) is 1. The number of hydrogen-bond acceptors (Lipinski definition) is 3. The fourth-order valence-corrected chi connectivity index (χ4v) is 3.52. The maximum absolute atomic E-state index is 13.1. The number of carbonyl (C=O) groups is 2. The second-order valence-electron chi connectivity index (χ2n) is 6.97. The highest BCUT2D eigenvalue weighted by molar-refractivity contribution is 6.15. The van der Waals surface area contributed by atoms with Gasteiger partial charge in [-0.05, 0) is 56.1 Å². The zero-order valence-corrected chi connectivity index (χ0v) is 15.6. The van der Waals surface area contributed by atoms with Crippen LogP contribution in [0, 0.1) is 5.82 Å². The van der Waals surface area contributed by atoms with Crippen molar-refractivity contribution >= 4 is 11.7 Å². The third-order valence-corrected chi connectivity index (χ3v) is 4.99. The molecular formula is C22H25FN2O2. The molecule has 0 radical (unpaired) electrons. The van der Waals surface area contributed by atoms with E-state index in [9.17, 15) is 14.0 Å². The Labute approximate surface area is 159 Å². The van der Waals surface area contributed by atoms with E-state index >= 15 is 0 Å². The molecule has 0 atom stereocenters.